The van der Waals surface area contributed by atoms with Gasteiger partial charge in [-0.3, -0.25) is 0 Å². The predicted molar refractivity (Wildman–Crippen MR) is 268 cm³/mol. The van der Waals surface area contributed by atoms with E-state index >= 15 is 0 Å². The maximum absolute atomic E-state index is 2.54. The fraction of sp³-hybridized carbons (Fsp3) is 0.148. The molecule has 4 aliphatic rings. The van der Waals surface area contributed by atoms with Crippen molar-refractivity contribution in [2.75, 3.05) is 4.90 Å². The van der Waals surface area contributed by atoms with Crippen molar-refractivity contribution in [2.45, 2.75) is 44.4 Å². The van der Waals surface area contributed by atoms with Crippen LogP contribution in [0.2, 0.25) is 0 Å². The molecule has 13 rings (SSSR count). The molecule has 0 aliphatic heterocycles. The first-order valence-electron chi connectivity index (χ1n) is 22.9. The molecule has 2 nitrogen and oxygen atoms in total. The summed E-state index contributed by atoms with van der Waals surface area (Å²) in [5, 5.41) is 10.4. The van der Waals surface area contributed by atoms with Gasteiger partial charge < -0.3 is 9.47 Å². The Balaban J connectivity index is 0.968. The minimum atomic E-state index is 0.769. The van der Waals surface area contributed by atoms with E-state index in [1.165, 1.54) is 94.8 Å². The van der Waals surface area contributed by atoms with E-state index in [1.54, 1.807) is 16.7 Å². The van der Waals surface area contributed by atoms with E-state index in [-0.39, 0.29) is 0 Å². The van der Waals surface area contributed by atoms with E-state index in [9.17, 15) is 0 Å². The van der Waals surface area contributed by atoms with Crippen LogP contribution in [0.15, 0.2) is 194 Å². The molecule has 0 spiro atoms. The second-order valence-electron chi connectivity index (χ2n) is 18.4. The number of anilines is 3. The molecule has 8 aromatic carbocycles. The Morgan fingerprint density at radius 2 is 1.52 bits per heavy atom. The highest BCUT2D eigenvalue weighted by Gasteiger charge is 2.45. The van der Waals surface area contributed by atoms with Crippen LogP contribution in [0, 0.1) is 5.92 Å². The van der Waals surface area contributed by atoms with Crippen molar-refractivity contribution >= 4 is 82.3 Å². The summed E-state index contributed by atoms with van der Waals surface area (Å²) < 4.78 is 2.37. The number of aryl methyl sites for hydroxylation is 1. The first kappa shape index (κ1) is 36.5. The Kier molecular flexibility index (Phi) is 8.38. The number of aromatic nitrogens is 1. The monoisotopic (exact) mass is 808 g/mol. The van der Waals surface area contributed by atoms with Gasteiger partial charge in [0.05, 0.1) is 5.69 Å². The maximum Gasteiger partial charge on any atom is 0.0540 e. The van der Waals surface area contributed by atoms with Crippen LogP contribution in [-0.4, -0.2) is 4.57 Å². The van der Waals surface area contributed by atoms with E-state index in [1.807, 2.05) is 0 Å². The van der Waals surface area contributed by atoms with Crippen LogP contribution in [-0.2, 0) is 19.9 Å². The van der Waals surface area contributed by atoms with E-state index in [0.717, 1.165) is 54.6 Å². The molecule has 0 N–H and O–H groups in total. The lowest BCUT2D eigenvalue weighted by Gasteiger charge is -2.27. The Bertz CT molecular complexity index is 3540. The van der Waals surface area contributed by atoms with Crippen molar-refractivity contribution in [1.82, 2.24) is 4.57 Å². The zero-order valence-corrected chi connectivity index (χ0v) is 35.7. The lowest BCUT2D eigenvalue weighted by molar-refractivity contribution is 0.805. The molecule has 1 saturated carbocycles. The number of hydrogen-bond donors (Lipinski definition) is 0. The number of para-hydroxylation sites is 1. The van der Waals surface area contributed by atoms with Crippen molar-refractivity contribution in [2.24, 2.45) is 13.0 Å². The van der Waals surface area contributed by atoms with Crippen molar-refractivity contribution < 1.29 is 0 Å². The van der Waals surface area contributed by atoms with Gasteiger partial charge in [0.25, 0.3) is 0 Å². The topological polar surface area (TPSA) is 8.17 Å². The molecular formula is C61H48N2. The molecule has 1 fully saturated rings. The molecule has 1 heterocycles. The van der Waals surface area contributed by atoms with Crippen LogP contribution in [0.3, 0.4) is 0 Å². The maximum atomic E-state index is 2.54. The summed E-state index contributed by atoms with van der Waals surface area (Å²) in [4.78, 5) is 2.44. The first-order chi connectivity index (χ1) is 31.1. The highest BCUT2D eigenvalue weighted by Crippen LogP contribution is 2.60. The van der Waals surface area contributed by atoms with Gasteiger partial charge in [-0.2, -0.15) is 0 Å². The average Bonchev–Trinajstić information content (AvgIpc) is 4.07. The standard InChI is InChI=1S/C61H48N2/c1-62-57-29-24-43(46(32-39-12-7-4-8-13-39)34-44-21-19-42-20-22-45-35-47-37-54(47)52-28-27-50(44)60(42)61(45)52)36-55(57)56-38-49(25-31-58(56)62)63(48-16-10-5-11-17-48)59-30-23-41-15-9-3-2-6-14-40-18-26-51(59)53(41)33-40/h2-7,9-12,14-19,21-33,36,38,47,54H,8,13,20,34-35,37H2,1H3. The third-order valence-electron chi connectivity index (χ3n) is 14.7. The smallest absolute Gasteiger partial charge is 0.0540 e. The van der Waals surface area contributed by atoms with Gasteiger partial charge in [0.2, 0.25) is 0 Å². The summed E-state index contributed by atoms with van der Waals surface area (Å²) in [5.41, 5.74) is 17.7. The number of fused-ring (bicyclic) bond motifs is 6. The van der Waals surface area contributed by atoms with E-state index in [2.05, 4.69) is 205 Å². The fourth-order valence-electron chi connectivity index (χ4n) is 11.5. The largest absolute Gasteiger partial charge is 0.344 e. The SMILES string of the molecule is Cn1c2ccc(C(=CC3=CC=CCC3)Cc3ccc4c5c6c(ccc35)C3CC3CC6=CC4)cc2c2cc(N(c3ccccc3)c3ccc4ccccccc5ccc3c4c5)ccc21. The zero-order valence-electron chi connectivity index (χ0n) is 35.7. The molecular weight excluding hydrogens is 761 g/mol. The van der Waals surface area contributed by atoms with Crippen LogP contribution in [0.4, 0.5) is 17.1 Å². The first-order valence-corrected chi connectivity index (χ1v) is 22.9. The highest BCUT2D eigenvalue weighted by molar-refractivity contribution is 6.12. The molecule has 0 amide bonds. The van der Waals surface area contributed by atoms with Crippen molar-refractivity contribution in [3.8, 4) is 0 Å². The average molecular weight is 809 g/mol. The Morgan fingerprint density at radius 1 is 0.698 bits per heavy atom. The third-order valence-corrected chi connectivity index (χ3v) is 14.7. The Hall–Kier alpha value is -7.16. The Labute approximate surface area is 369 Å². The highest BCUT2D eigenvalue weighted by atomic mass is 15.1. The van der Waals surface area contributed by atoms with Gasteiger partial charge >= 0.3 is 0 Å². The summed E-state index contributed by atoms with van der Waals surface area (Å²) >= 11 is 0. The van der Waals surface area contributed by atoms with Crippen molar-refractivity contribution in [3.63, 3.8) is 0 Å². The second-order valence-corrected chi connectivity index (χ2v) is 18.4. The molecule has 2 heteroatoms. The van der Waals surface area contributed by atoms with Gasteiger partial charge in [0.15, 0.2) is 0 Å². The minimum Gasteiger partial charge on any atom is -0.344 e. The van der Waals surface area contributed by atoms with E-state index in [4.69, 9.17) is 0 Å². The minimum absolute atomic E-state index is 0.769. The molecule has 2 bridgehead atoms. The molecule has 0 radical (unpaired) electrons. The molecule has 63 heavy (non-hydrogen) atoms. The van der Waals surface area contributed by atoms with Crippen LogP contribution in [0.1, 0.15) is 59.4 Å². The van der Waals surface area contributed by atoms with Gasteiger partial charge in [0, 0.05) is 45.6 Å². The van der Waals surface area contributed by atoms with Crippen molar-refractivity contribution in [3.05, 3.63) is 221 Å². The number of allylic oxidation sites excluding steroid dienone is 8. The van der Waals surface area contributed by atoms with Gasteiger partial charge in [-0.25, -0.2) is 0 Å². The number of rotatable bonds is 7. The molecule has 2 unspecified atom stereocenters. The van der Waals surface area contributed by atoms with Crippen LogP contribution < -0.4 is 4.90 Å². The molecule has 2 atom stereocenters. The molecule has 1 aromatic heterocycles. The molecule has 4 aliphatic carbocycles. The van der Waals surface area contributed by atoms with E-state index in [0.29, 0.717) is 0 Å². The van der Waals surface area contributed by atoms with Gasteiger partial charge in [0.1, 0.15) is 0 Å². The quantitative estimate of drug-likeness (QED) is 0.156. The summed E-state index contributed by atoms with van der Waals surface area (Å²) in [5.74, 6) is 1.64. The van der Waals surface area contributed by atoms with Gasteiger partial charge in [-0.1, -0.05) is 134 Å². The van der Waals surface area contributed by atoms with Crippen LogP contribution in [0.5, 0.6) is 0 Å². The molecule has 302 valence electrons. The summed E-state index contributed by atoms with van der Waals surface area (Å²) in [6.45, 7) is 0. The lowest BCUT2D eigenvalue weighted by atomic mass is 9.77. The number of benzene rings is 7. The summed E-state index contributed by atoms with van der Waals surface area (Å²) in [6.07, 6.45) is 18.6. The molecule has 9 aromatic rings. The normalized spacial score (nSPS) is 17.6. The van der Waals surface area contributed by atoms with Crippen molar-refractivity contribution in [1.29, 1.82) is 0 Å². The van der Waals surface area contributed by atoms with Crippen LogP contribution in [0.25, 0.3) is 65.3 Å². The zero-order chi connectivity index (χ0) is 41.6. The number of nitrogens with zero attached hydrogens (tertiary/aromatic N) is 2. The predicted octanol–water partition coefficient (Wildman–Crippen LogP) is 16.2. The van der Waals surface area contributed by atoms with Gasteiger partial charge in [-0.05, 0) is 176 Å². The summed E-state index contributed by atoms with van der Waals surface area (Å²) in [6, 6.07) is 59.3. The Morgan fingerprint density at radius 3 is 2.41 bits per heavy atom. The van der Waals surface area contributed by atoms with Gasteiger partial charge in [-0.15, -0.1) is 0 Å². The lowest BCUT2D eigenvalue weighted by Crippen LogP contribution is -2.10. The van der Waals surface area contributed by atoms with Crippen LogP contribution >= 0.6 is 0 Å². The summed E-state index contributed by atoms with van der Waals surface area (Å²) in [7, 11) is 2.22. The molecule has 0 saturated heterocycles. The third kappa shape index (κ3) is 6.07. The fourth-order valence-corrected chi connectivity index (χ4v) is 11.5. The van der Waals surface area contributed by atoms with E-state index < -0.39 is 0 Å². The number of hydrogen-bond acceptors (Lipinski definition) is 1. The second kappa shape index (κ2) is 14.5.